The maximum Gasteiger partial charge on any atom is 0.0725 e. The molecule has 0 N–H and O–H groups in total. The zero-order valence-corrected chi connectivity index (χ0v) is 34.0. The largest absolute Gasteiger partial charge is 0.310 e. The second kappa shape index (κ2) is 13.2. The molecule has 1 nitrogen and oxygen atoms in total. The van der Waals surface area contributed by atoms with Gasteiger partial charge in [0, 0.05) is 31.5 Å². The Labute approximate surface area is 359 Å². The molecule has 2 aliphatic rings. The predicted octanol–water partition coefficient (Wildman–Crippen LogP) is 16.4. The molecule has 0 bridgehead atoms. The van der Waals surface area contributed by atoms with Gasteiger partial charge < -0.3 is 4.90 Å². The van der Waals surface area contributed by atoms with Gasteiger partial charge in [-0.3, -0.25) is 0 Å². The van der Waals surface area contributed by atoms with Crippen LogP contribution in [-0.4, -0.2) is 0 Å². The van der Waals surface area contributed by atoms with E-state index in [0.717, 1.165) is 11.4 Å². The lowest BCUT2D eigenvalue weighted by Gasteiger charge is -2.31. The van der Waals surface area contributed by atoms with E-state index in [9.17, 15) is 0 Å². The quantitative estimate of drug-likeness (QED) is 0.168. The molecule has 0 amide bonds. The molecule has 10 aromatic carbocycles. The Bertz CT molecular complexity index is 3490. The summed E-state index contributed by atoms with van der Waals surface area (Å²) < 4.78 is 2.59. The number of hydrogen-bond acceptors (Lipinski definition) is 2. The van der Waals surface area contributed by atoms with Crippen molar-refractivity contribution in [1.82, 2.24) is 0 Å². The van der Waals surface area contributed by atoms with Crippen LogP contribution in [0.15, 0.2) is 224 Å². The van der Waals surface area contributed by atoms with Gasteiger partial charge in [-0.2, -0.15) is 0 Å². The standard InChI is InChI=1S/C59H37NS/c1-2-15-44-40(13-1)14-11-20-45(44)41-29-27-38(28-30-41)39-31-33-42(34-32-39)60(55-24-12-26-57-58(55)49-19-6-10-25-56(49)61-57)43-35-36-54-50(37-43)48-18-5-9-23-53(48)59(54)51-21-7-3-16-46(51)47-17-4-8-22-52(47)59/h1-37H. The lowest BCUT2D eigenvalue weighted by atomic mass is 9.70. The summed E-state index contributed by atoms with van der Waals surface area (Å²) in [5.41, 5.74) is 18.6. The highest BCUT2D eigenvalue weighted by Gasteiger charge is 2.51. The van der Waals surface area contributed by atoms with Crippen LogP contribution in [0.2, 0.25) is 0 Å². The second-order valence-corrected chi connectivity index (χ2v) is 17.4. The Morgan fingerprint density at radius 2 is 0.820 bits per heavy atom. The summed E-state index contributed by atoms with van der Waals surface area (Å²) in [5, 5.41) is 5.11. The van der Waals surface area contributed by atoms with Crippen molar-refractivity contribution in [3.63, 3.8) is 0 Å². The maximum atomic E-state index is 2.49. The molecule has 0 aliphatic heterocycles. The van der Waals surface area contributed by atoms with Crippen LogP contribution in [0.3, 0.4) is 0 Å². The Kier molecular flexibility index (Phi) is 7.46. The molecule has 2 heteroatoms. The van der Waals surface area contributed by atoms with Crippen molar-refractivity contribution in [3.8, 4) is 44.5 Å². The number of benzene rings is 10. The lowest BCUT2D eigenvalue weighted by Crippen LogP contribution is -2.25. The Morgan fingerprint density at radius 3 is 1.54 bits per heavy atom. The SMILES string of the molecule is c1ccc2c(c1)-c1ccccc1C21c2ccccc2-c2cc(N(c3ccc(-c4ccc(-c5cccc6ccccc56)cc4)cc3)c3cccc4sc5ccccc5c34)ccc21. The monoisotopic (exact) mass is 791 g/mol. The zero-order valence-electron chi connectivity index (χ0n) is 33.2. The van der Waals surface area contributed by atoms with Gasteiger partial charge in [-0.05, 0) is 120 Å². The van der Waals surface area contributed by atoms with Crippen molar-refractivity contribution in [2.24, 2.45) is 0 Å². The smallest absolute Gasteiger partial charge is 0.0725 e. The van der Waals surface area contributed by atoms with Gasteiger partial charge >= 0.3 is 0 Å². The van der Waals surface area contributed by atoms with Crippen molar-refractivity contribution in [2.45, 2.75) is 5.41 Å². The summed E-state index contributed by atoms with van der Waals surface area (Å²) >= 11 is 1.87. The molecular weight excluding hydrogens is 755 g/mol. The Morgan fingerprint density at radius 1 is 0.328 bits per heavy atom. The normalized spacial score (nSPS) is 13.0. The van der Waals surface area contributed by atoms with Gasteiger partial charge in [0.1, 0.15) is 0 Å². The van der Waals surface area contributed by atoms with Crippen molar-refractivity contribution in [1.29, 1.82) is 0 Å². The molecule has 11 aromatic rings. The van der Waals surface area contributed by atoms with Crippen LogP contribution in [0.4, 0.5) is 17.1 Å². The van der Waals surface area contributed by atoms with Crippen LogP contribution in [0.5, 0.6) is 0 Å². The third-order valence-corrected chi connectivity index (χ3v) is 14.4. The van der Waals surface area contributed by atoms with Crippen LogP contribution in [0.1, 0.15) is 22.3 Å². The second-order valence-electron chi connectivity index (χ2n) is 16.4. The van der Waals surface area contributed by atoms with E-state index in [0.29, 0.717) is 0 Å². The highest BCUT2D eigenvalue weighted by Crippen LogP contribution is 2.63. The first-order chi connectivity index (χ1) is 30.3. The van der Waals surface area contributed by atoms with Crippen molar-refractivity contribution in [2.75, 3.05) is 4.90 Å². The predicted molar refractivity (Wildman–Crippen MR) is 259 cm³/mol. The molecule has 2 aliphatic carbocycles. The van der Waals surface area contributed by atoms with E-state index >= 15 is 0 Å². The summed E-state index contributed by atoms with van der Waals surface area (Å²) in [6.45, 7) is 0. The van der Waals surface area contributed by atoms with Crippen LogP contribution in [0, 0.1) is 0 Å². The van der Waals surface area contributed by atoms with Crippen LogP contribution >= 0.6 is 11.3 Å². The number of nitrogens with zero attached hydrogens (tertiary/aromatic N) is 1. The molecule has 13 rings (SSSR count). The summed E-state index contributed by atoms with van der Waals surface area (Å²) in [6, 6.07) is 83.4. The maximum absolute atomic E-state index is 2.49. The van der Waals surface area contributed by atoms with Gasteiger partial charge in [-0.25, -0.2) is 0 Å². The van der Waals surface area contributed by atoms with E-state index in [1.54, 1.807) is 0 Å². The molecular formula is C59H37NS. The summed E-state index contributed by atoms with van der Waals surface area (Å²) in [7, 11) is 0. The highest BCUT2D eigenvalue weighted by atomic mass is 32.1. The van der Waals surface area contributed by atoms with Gasteiger partial charge in [-0.15, -0.1) is 11.3 Å². The third kappa shape index (κ3) is 4.94. The molecule has 1 spiro atoms. The van der Waals surface area contributed by atoms with Gasteiger partial charge in [0.05, 0.1) is 11.1 Å². The van der Waals surface area contributed by atoms with Gasteiger partial charge in [-0.1, -0.05) is 182 Å². The minimum absolute atomic E-state index is 0.378. The van der Waals surface area contributed by atoms with Gasteiger partial charge in [0.25, 0.3) is 0 Å². The Hall–Kier alpha value is -7.52. The minimum atomic E-state index is -0.378. The number of anilines is 3. The van der Waals surface area contributed by atoms with Crippen LogP contribution in [0.25, 0.3) is 75.5 Å². The zero-order chi connectivity index (χ0) is 40.1. The van der Waals surface area contributed by atoms with Gasteiger partial charge in [0.15, 0.2) is 0 Å². The molecule has 0 radical (unpaired) electrons. The molecule has 0 fully saturated rings. The molecule has 0 atom stereocenters. The number of hydrogen-bond donors (Lipinski definition) is 0. The first-order valence-corrected chi connectivity index (χ1v) is 21.9. The Balaban J connectivity index is 0.975. The average Bonchev–Trinajstić information content (AvgIpc) is 3.96. The van der Waals surface area contributed by atoms with E-state index in [4.69, 9.17) is 0 Å². The fraction of sp³-hybridized carbons (Fsp3) is 0.0169. The van der Waals surface area contributed by atoms with Crippen molar-refractivity contribution < 1.29 is 0 Å². The van der Waals surface area contributed by atoms with Crippen LogP contribution in [-0.2, 0) is 5.41 Å². The van der Waals surface area contributed by atoms with Crippen molar-refractivity contribution >= 4 is 59.3 Å². The molecule has 284 valence electrons. The first kappa shape index (κ1) is 34.4. The minimum Gasteiger partial charge on any atom is -0.310 e. The molecule has 1 heterocycles. The average molecular weight is 792 g/mol. The topological polar surface area (TPSA) is 3.24 Å². The van der Waals surface area contributed by atoms with Crippen LogP contribution < -0.4 is 4.90 Å². The fourth-order valence-electron chi connectivity index (χ4n) is 10.7. The van der Waals surface area contributed by atoms with E-state index < -0.39 is 0 Å². The molecule has 0 saturated carbocycles. The number of fused-ring (bicyclic) bond motifs is 14. The van der Waals surface area contributed by atoms with E-state index in [-0.39, 0.29) is 5.41 Å². The molecule has 1 aromatic heterocycles. The lowest BCUT2D eigenvalue weighted by molar-refractivity contribution is 0.794. The summed E-state index contributed by atoms with van der Waals surface area (Å²) in [5.74, 6) is 0. The first-order valence-electron chi connectivity index (χ1n) is 21.1. The highest BCUT2D eigenvalue weighted by molar-refractivity contribution is 7.26. The molecule has 0 unspecified atom stereocenters. The summed E-state index contributed by atoms with van der Waals surface area (Å²) in [4.78, 5) is 2.49. The van der Waals surface area contributed by atoms with E-state index in [1.165, 1.54) is 103 Å². The molecule has 0 saturated heterocycles. The number of rotatable bonds is 5. The number of thiophene rings is 1. The fourth-order valence-corrected chi connectivity index (χ4v) is 11.8. The third-order valence-electron chi connectivity index (χ3n) is 13.3. The van der Waals surface area contributed by atoms with Crippen molar-refractivity contribution in [3.05, 3.63) is 247 Å². The molecule has 61 heavy (non-hydrogen) atoms. The summed E-state index contributed by atoms with van der Waals surface area (Å²) in [6.07, 6.45) is 0. The van der Waals surface area contributed by atoms with E-state index in [2.05, 4.69) is 229 Å². The van der Waals surface area contributed by atoms with E-state index in [1.807, 2.05) is 11.3 Å². The van der Waals surface area contributed by atoms with Gasteiger partial charge in [0.2, 0.25) is 0 Å².